The van der Waals surface area contributed by atoms with Gasteiger partial charge in [0.05, 0.1) is 15.7 Å². The van der Waals surface area contributed by atoms with Gasteiger partial charge >= 0.3 is 0 Å². The fraction of sp³-hybridized carbons (Fsp3) is 0.400. The number of anilines is 1. The molecular formula is C20H22Cl3N3S. The lowest BCUT2D eigenvalue weighted by atomic mass is 9.69. The number of nitrogens with one attached hydrogen (secondary N) is 2. The molecule has 27 heavy (non-hydrogen) atoms. The number of aromatic nitrogens is 1. The van der Waals surface area contributed by atoms with E-state index in [0.717, 1.165) is 24.4 Å². The van der Waals surface area contributed by atoms with Crippen molar-refractivity contribution in [3.05, 3.63) is 56.7 Å². The molecule has 1 saturated carbocycles. The number of rotatable bonds is 4. The standard InChI is InChI=1S/C20H22Cl3N3S/c1-13-16(22)11-17(23)18(25-13)26-19(27)24-12-20(9-3-2-4-10-20)14-5-7-15(21)8-6-14/h5-8,11H,2-4,9-10,12H2,1H3,(H2,24,25,26,27). The third kappa shape index (κ3) is 5.05. The monoisotopic (exact) mass is 441 g/mol. The van der Waals surface area contributed by atoms with Crippen LogP contribution in [-0.4, -0.2) is 16.6 Å². The normalized spacial score (nSPS) is 16.0. The minimum absolute atomic E-state index is 0.0573. The third-order valence-corrected chi connectivity index (χ3v) is 6.36. The summed E-state index contributed by atoms with van der Waals surface area (Å²) < 4.78 is 0. The first-order valence-electron chi connectivity index (χ1n) is 9.03. The van der Waals surface area contributed by atoms with E-state index in [1.807, 2.05) is 19.1 Å². The summed E-state index contributed by atoms with van der Waals surface area (Å²) in [6, 6.07) is 9.86. The Labute approximate surface area is 180 Å². The molecule has 0 spiro atoms. The van der Waals surface area contributed by atoms with Gasteiger partial charge in [-0.3, -0.25) is 0 Å². The molecule has 1 fully saturated rings. The smallest absolute Gasteiger partial charge is 0.172 e. The molecular weight excluding hydrogens is 421 g/mol. The Balaban J connectivity index is 1.71. The molecule has 0 amide bonds. The number of pyridine rings is 1. The summed E-state index contributed by atoms with van der Waals surface area (Å²) in [6.07, 6.45) is 5.97. The first kappa shape index (κ1) is 20.7. The van der Waals surface area contributed by atoms with Gasteiger partial charge in [0, 0.05) is 17.0 Å². The minimum atomic E-state index is 0.0573. The second kappa shape index (κ2) is 8.95. The van der Waals surface area contributed by atoms with Crippen LogP contribution in [0.15, 0.2) is 30.3 Å². The molecule has 2 aromatic rings. The minimum Gasteiger partial charge on any atom is -0.362 e. The van der Waals surface area contributed by atoms with Crippen molar-refractivity contribution in [3.8, 4) is 0 Å². The van der Waals surface area contributed by atoms with E-state index in [0.29, 0.717) is 26.7 Å². The van der Waals surface area contributed by atoms with E-state index in [1.54, 1.807) is 6.07 Å². The lowest BCUT2D eigenvalue weighted by Gasteiger charge is -2.38. The molecule has 1 aliphatic rings. The Morgan fingerprint density at radius 1 is 1.07 bits per heavy atom. The topological polar surface area (TPSA) is 37.0 Å². The highest BCUT2D eigenvalue weighted by Gasteiger charge is 2.34. The molecule has 3 rings (SSSR count). The number of hydrogen-bond donors (Lipinski definition) is 2. The van der Waals surface area contributed by atoms with Gasteiger partial charge in [-0.15, -0.1) is 0 Å². The fourth-order valence-corrected chi connectivity index (χ4v) is 4.35. The van der Waals surface area contributed by atoms with Crippen LogP contribution < -0.4 is 10.6 Å². The Morgan fingerprint density at radius 3 is 2.41 bits per heavy atom. The van der Waals surface area contributed by atoms with Gasteiger partial charge in [-0.1, -0.05) is 66.2 Å². The molecule has 1 aromatic heterocycles. The van der Waals surface area contributed by atoms with E-state index in [2.05, 4.69) is 27.8 Å². The maximum absolute atomic E-state index is 6.22. The average Bonchev–Trinajstić information content (AvgIpc) is 2.66. The van der Waals surface area contributed by atoms with Crippen molar-refractivity contribution in [3.63, 3.8) is 0 Å². The van der Waals surface area contributed by atoms with Crippen molar-refractivity contribution < 1.29 is 0 Å². The van der Waals surface area contributed by atoms with E-state index in [9.17, 15) is 0 Å². The average molecular weight is 443 g/mol. The van der Waals surface area contributed by atoms with Crippen molar-refractivity contribution >= 4 is 58.0 Å². The van der Waals surface area contributed by atoms with Crippen molar-refractivity contribution in [2.75, 3.05) is 11.9 Å². The SMILES string of the molecule is Cc1nc(NC(=S)NCC2(c3ccc(Cl)cc3)CCCCC2)c(Cl)cc1Cl. The van der Waals surface area contributed by atoms with Crippen LogP contribution in [0.5, 0.6) is 0 Å². The van der Waals surface area contributed by atoms with Gasteiger partial charge in [0.15, 0.2) is 10.9 Å². The number of benzene rings is 1. The molecule has 3 nitrogen and oxygen atoms in total. The van der Waals surface area contributed by atoms with Gasteiger partial charge in [-0.2, -0.15) is 0 Å². The quantitative estimate of drug-likeness (QED) is 0.527. The van der Waals surface area contributed by atoms with Crippen molar-refractivity contribution in [1.29, 1.82) is 0 Å². The van der Waals surface area contributed by atoms with E-state index in [4.69, 9.17) is 47.0 Å². The first-order valence-corrected chi connectivity index (χ1v) is 10.6. The number of aryl methyl sites for hydroxylation is 1. The summed E-state index contributed by atoms with van der Waals surface area (Å²) in [5.74, 6) is 0.514. The predicted octanol–water partition coefficient (Wildman–Crippen LogP) is 6.54. The molecule has 0 aliphatic heterocycles. The summed E-state index contributed by atoms with van der Waals surface area (Å²) in [4.78, 5) is 4.38. The summed E-state index contributed by atoms with van der Waals surface area (Å²) in [7, 11) is 0. The Morgan fingerprint density at radius 2 is 1.74 bits per heavy atom. The molecule has 0 saturated heterocycles. The van der Waals surface area contributed by atoms with Gasteiger partial charge < -0.3 is 10.6 Å². The van der Waals surface area contributed by atoms with Gasteiger partial charge in [0.2, 0.25) is 0 Å². The van der Waals surface area contributed by atoms with E-state index in [1.165, 1.54) is 24.8 Å². The lowest BCUT2D eigenvalue weighted by molar-refractivity contribution is 0.292. The molecule has 0 unspecified atom stereocenters. The van der Waals surface area contributed by atoms with E-state index >= 15 is 0 Å². The molecule has 1 aromatic carbocycles. The van der Waals surface area contributed by atoms with Crippen LogP contribution in [0.3, 0.4) is 0 Å². The molecule has 2 N–H and O–H groups in total. The van der Waals surface area contributed by atoms with Gasteiger partial charge in [-0.25, -0.2) is 4.98 Å². The zero-order valence-electron chi connectivity index (χ0n) is 15.1. The molecule has 7 heteroatoms. The van der Waals surface area contributed by atoms with Crippen LogP contribution in [0.25, 0.3) is 0 Å². The van der Waals surface area contributed by atoms with Crippen molar-refractivity contribution in [2.45, 2.75) is 44.4 Å². The Kier molecular flexibility index (Phi) is 6.85. The molecule has 144 valence electrons. The molecule has 1 aliphatic carbocycles. The number of thiocarbonyl (C=S) groups is 1. The van der Waals surface area contributed by atoms with Gasteiger partial charge in [0.1, 0.15) is 0 Å². The van der Waals surface area contributed by atoms with Crippen LogP contribution in [0, 0.1) is 6.92 Å². The molecule has 1 heterocycles. The predicted molar refractivity (Wildman–Crippen MR) is 119 cm³/mol. The lowest BCUT2D eigenvalue weighted by Crippen LogP contribution is -2.43. The summed E-state index contributed by atoms with van der Waals surface area (Å²) >= 11 is 23.8. The van der Waals surface area contributed by atoms with Crippen LogP contribution in [0.2, 0.25) is 15.1 Å². The number of halogens is 3. The number of hydrogen-bond acceptors (Lipinski definition) is 2. The van der Waals surface area contributed by atoms with Crippen LogP contribution in [0.1, 0.15) is 43.4 Å². The van der Waals surface area contributed by atoms with Gasteiger partial charge in [0.25, 0.3) is 0 Å². The van der Waals surface area contributed by atoms with Crippen LogP contribution in [-0.2, 0) is 5.41 Å². The Bertz CT molecular complexity index is 818. The van der Waals surface area contributed by atoms with Gasteiger partial charge in [-0.05, 0) is 55.7 Å². The largest absolute Gasteiger partial charge is 0.362 e. The second-order valence-electron chi connectivity index (χ2n) is 7.04. The molecule has 0 bridgehead atoms. The third-order valence-electron chi connectivity index (χ3n) is 5.19. The maximum Gasteiger partial charge on any atom is 0.172 e. The zero-order valence-corrected chi connectivity index (χ0v) is 18.2. The summed E-state index contributed by atoms with van der Waals surface area (Å²) in [5.41, 5.74) is 2.07. The first-order chi connectivity index (χ1) is 12.9. The fourth-order valence-electron chi connectivity index (χ4n) is 3.65. The van der Waals surface area contributed by atoms with Crippen molar-refractivity contribution in [1.82, 2.24) is 10.3 Å². The van der Waals surface area contributed by atoms with E-state index < -0.39 is 0 Å². The summed E-state index contributed by atoms with van der Waals surface area (Å²) in [5, 5.41) is 8.71. The highest BCUT2D eigenvalue weighted by atomic mass is 35.5. The zero-order chi connectivity index (χ0) is 19.4. The molecule has 0 radical (unpaired) electrons. The van der Waals surface area contributed by atoms with Crippen molar-refractivity contribution in [2.24, 2.45) is 0 Å². The molecule has 0 atom stereocenters. The second-order valence-corrected chi connectivity index (χ2v) is 8.70. The van der Waals surface area contributed by atoms with Crippen LogP contribution >= 0.6 is 47.0 Å². The summed E-state index contributed by atoms with van der Waals surface area (Å²) in [6.45, 7) is 2.59. The Hall–Kier alpha value is -1.07. The highest BCUT2D eigenvalue weighted by Crippen LogP contribution is 2.39. The van der Waals surface area contributed by atoms with Crippen LogP contribution in [0.4, 0.5) is 5.82 Å². The van der Waals surface area contributed by atoms with E-state index in [-0.39, 0.29) is 5.41 Å². The number of nitrogens with zero attached hydrogens (tertiary/aromatic N) is 1. The maximum atomic E-state index is 6.22. The highest BCUT2D eigenvalue weighted by molar-refractivity contribution is 7.80.